The van der Waals surface area contributed by atoms with Crippen molar-refractivity contribution in [2.45, 2.75) is 30.6 Å². The molecule has 0 saturated carbocycles. The van der Waals surface area contributed by atoms with Gasteiger partial charge >= 0.3 is 0 Å². The first-order valence-electron chi connectivity index (χ1n) is 6.91. The Bertz CT molecular complexity index is 742. The number of nitrogens with zero attached hydrogens (tertiary/aromatic N) is 5. The molecule has 0 spiro atoms. The van der Waals surface area contributed by atoms with Crippen LogP contribution in [0, 0.1) is 0 Å². The monoisotopic (exact) mass is 317 g/mol. The van der Waals surface area contributed by atoms with E-state index >= 15 is 0 Å². The van der Waals surface area contributed by atoms with Crippen LogP contribution in [0.25, 0.3) is 11.6 Å². The Labute approximate surface area is 131 Å². The van der Waals surface area contributed by atoms with Gasteiger partial charge < -0.3 is 9.15 Å². The van der Waals surface area contributed by atoms with E-state index in [4.69, 9.17) is 9.15 Å². The Morgan fingerprint density at radius 3 is 2.91 bits per heavy atom. The van der Waals surface area contributed by atoms with Crippen molar-refractivity contribution >= 4 is 11.8 Å². The molecule has 22 heavy (non-hydrogen) atoms. The maximum atomic E-state index is 5.40. The Morgan fingerprint density at radius 2 is 2.18 bits per heavy atom. The fourth-order valence-electron chi connectivity index (χ4n) is 1.94. The molecule has 3 heterocycles. The highest BCUT2D eigenvalue weighted by Crippen LogP contribution is 2.29. The predicted octanol–water partition coefficient (Wildman–Crippen LogP) is 2.90. The Kier molecular flexibility index (Phi) is 4.38. The van der Waals surface area contributed by atoms with Gasteiger partial charge in [-0.15, -0.1) is 10.2 Å². The zero-order valence-electron chi connectivity index (χ0n) is 12.3. The average Bonchev–Trinajstić information content (AvgIpc) is 3.16. The third kappa shape index (κ3) is 2.96. The van der Waals surface area contributed by atoms with Crippen molar-refractivity contribution in [1.29, 1.82) is 0 Å². The van der Waals surface area contributed by atoms with Crippen LogP contribution in [-0.2, 0) is 6.54 Å². The number of hydrogen-bond acceptors (Lipinski definition) is 7. The zero-order valence-corrected chi connectivity index (χ0v) is 13.1. The summed E-state index contributed by atoms with van der Waals surface area (Å²) in [6.07, 6.45) is 3.10. The number of aromatic nitrogens is 5. The third-order valence-corrected chi connectivity index (χ3v) is 3.80. The van der Waals surface area contributed by atoms with E-state index in [0.717, 1.165) is 16.7 Å². The molecular formula is C14H15N5O2S. The molecule has 0 amide bonds. The molecule has 0 saturated heterocycles. The lowest BCUT2D eigenvalue weighted by atomic mass is 10.4. The summed E-state index contributed by atoms with van der Waals surface area (Å²) in [4.78, 5) is 8.29. The van der Waals surface area contributed by atoms with Crippen LogP contribution in [-0.4, -0.2) is 31.3 Å². The molecule has 7 nitrogen and oxygen atoms in total. The molecule has 3 aromatic rings. The van der Waals surface area contributed by atoms with Crippen LogP contribution in [0.5, 0.6) is 5.88 Å². The summed E-state index contributed by atoms with van der Waals surface area (Å²) in [5.74, 6) is 1.95. The molecule has 0 aromatic carbocycles. The molecule has 0 atom stereocenters. The van der Waals surface area contributed by atoms with Crippen molar-refractivity contribution in [3.63, 3.8) is 0 Å². The number of furan rings is 1. The first kappa shape index (κ1) is 14.6. The predicted molar refractivity (Wildman–Crippen MR) is 80.7 cm³/mol. The Balaban J connectivity index is 1.88. The van der Waals surface area contributed by atoms with E-state index in [-0.39, 0.29) is 0 Å². The van der Waals surface area contributed by atoms with Gasteiger partial charge in [-0.05, 0) is 37.7 Å². The highest BCUT2D eigenvalue weighted by Gasteiger charge is 2.16. The molecular weight excluding hydrogens is 302 g/mol. The lowest BCUT2D eigenvalue weighted by molar-refractivity contribution is 0.324. The Hall–Kier alpha value is -2.35. The molecule has 3 rings (SSSR count). The van der Waals surface area contributed by atoms with Crippen molar-refractivity contribution in [1.82, 2.24) is 24.7 Å². The standard InChI is InChI=1S/C14H15N5O2S/c1-3-19-13(10-6-5-7-21-10)17-18-14(19)22-12-8-11(20-4-2)15-9-16-12/h5-9H,3-4H2,1-2H3. The maximum absolute atomic E-state index is 5.40. The van der Waals surface area contributed by atoms with E-state index < -0.39 is 0 Å². The first-order chi connectivity index (χ1) is 10.8. The van der Waals surface area contributed by atoms with Crippen LogP contribution in [0.3, 0.4) is 0 Å². The highest BCUT2D eigenvalue weighted by molar-refractivity contribution is 7.99. The summed E-state index contributed by atoms with van der Waals surface area (Å²) < 4.78 is 12.8. The quantitative estimate of drug-likeness (QED) is 0.647. The van der Waals surface area contributed by atoms with Gasteiger partial charge in [0.2, 0.25) is 5.88 Å². The van der Waals surface area contributed by atoms with Crippen LogP contribution in [0.1, 0.15) is 13.8 Å². The summed E-state index contributed by atoms with van der Waals surface area (Å²) in [5.41, 5.74) is 0. The molecule has 0 aliphatic rings. The van der Waals surface area contributed by atoms with Gasteiger partial charge in [-0.25, -0.2) is 9.97 Å². The molecule has 3 aromatic heterocycles. The first-order valence-corrected chi connectivity index (χ1v) is 7.73. The number of ether oxygens (including phenoxy) is 1. The van der Waals surface area contributed by atoms with Crippen LogP contribution < -0.4 is 4.74 Å². The highest BCUT2D eigenvalue weighted by atomic mass is 32.2. The van der Waals surface area contributed by atoms with Crippen molar-refractivity contribution in [3.8, 4) is 17.5 Å². The second-order valence-electron chi connectivity index (χ2n) is 4.26. The van der Waals surface area contributed by atoms with E-state index in [9.17, 15) is 0 Å². The SMILES string of the molecule is CCOc1cc(Sc2nnc(-c3ccco3)n2CC)ncn1. The van der Waals surface area contributed by atoms with Crippen molar-refractivity contribution in [2.24, 2.45) is 0 Å². The topological polar surface area (TPSA) is 78.9 Å². The summed E-state index contributed by atoms with van der Waals surface area (Å²) in [6, 6.07) is 5.48. The minimum absolute atomic E-state index is 0.550. The van der Waals surface area contributed by atoms with E-state index in [2.05, 4.69) is 20.2 Å². The van der Waals surface area contributed by atoms with Crippen molar-refractivity contribution in [3.05, 3.63) is 30.8 Å². The van der Waals surface area contributed by atoms with Gasteiger partial charge in [0.25, 0.3) is 0 Å². The molecule has 0 bridgehead atoms. The summed E-state index contributed by atoms with van der Waals surface area (Å²) in [5, 5.41) is 9.94. The lowest BCUT2D eigenvalue weighted by Gasteiger charge is -2.06. The molecule has 0 fully saturated rings. The van der Waals surface area contributed by atoms with Crippen molar-refractivity contribution in [2.75, 3.05) is 6.61 Å². The van der Waals surface area contributed by atoms with E-state index in [1.165, 1.54) is 18.1 Å². The van der Waals surface area contributed by atoms with Gasteiger partial charge in [-0.1, -0.05) is 0 Å². The second-order valence-corrected chi connectivity index (χ2v) is 5.24. The molecule has 0 N–H and O–H groups in total. The largest absolute Gasteiger partial charge is 0.478 e. The fourth-order valence-corrected chi connectivity index (χ4v) is 2.79. The van der Waals surface area contributed by atoms with Crippen LogP contribution in [0.4, 0.5) is 0 Å². The molecule has 0 unspecified atom stereocenters. The summed E-state index contributed by atoms with van der Waals surface area (Å²) in [6.45, 7) is 5.24. The summed E-state index contributed by atoms with van der Waals surface area (Å²) >= 11 is 1.41. The number of hydrogen-bond donors (Lipinski definition) is 0. The van der Waals surface area contributed by atoms with E-state index in [1.54, 1.807) is 12.3 Å². The van der Waals surface area contributed by atoms with E-state index in [1.807, 2.05) is 30.5 Å². The molecule has 114 valence electrons. The zero-order chi connectivity index (χ0) is 15.4. The van der Waals surface area contributed by atoms with Crippen molar-refractivity contribution < 1.29 is 9.15 Å². The molecule has 0 aliphatic heterocycles. The van der Waals surface area contributed by atoms with E-state index in [0.29, 0.717) is 24.1 Å². The van der Waals surface area contributed by atoms with Crippen LogP contribution in [0.2, 0.25) is 0 Å². The van der Waals surface area contributed by atoms with Gasteiger partial charge in [-0.3, -0.25) is 4.57 Å². The minimum Gasteiger partial charge on any atom is -0.478 e. The molecule has 8 heteroatoms. The van der Waals surface area contributed by atoms with Gasteiger partial charge in [0.15, 0.2) is 16.7 Å². The maximum Gasteiger partial charge on any atom is 0.217 e. The fraction of sp³-hybridized carbons (Fsp3) is 0.286. The molecule has 0 aliphatic carbocycles. The number of rotatable bonds is 6. The average molecular weight is 317 g/mol. The van der Waals surface area contributed by atoms with Crippen LogP contribution >= 0.6 is 11.8 Å². The van der Waals surface area contributed by atoms with Gasteiger partial charge in [0.05, 0.1) is 12.9 Å². The van der Waals surface area contributed by atoms with Gasteiger partial charge in [0.1, 0.15) is 11.4 Å². The minimum atomic E-state index is 0.550. The Morgan fingerprint density at radius 1 is 1.27 bits per heavy atom. The normalized spacial score (nSPS) is 10.8. The van der Waals surface area contributed by atoms with Crippen LogP contribution in [0.15, 0.2) is 45.4 Å². The van der Waals surface area contributed by atoms with Gasteiger partial charge in [0, 0.05) is 12.6 Å². The summed E-state index contributed by atoms with van der Waals surface area (Å²) in [7, 11) is 0. The molecule has 0 radical (unpaired) electrons. The second kappa shape index (κ2) is 6.61. The van der Waals surface area contributed by atoms with Gasteiger partial charge in [-0.2, -0.15) is 0 Å². The third-order valence-electron chi connectivity index (χ3n) is 2.88. The smallest absolute Gasteiger partial charge is 0.217 e. The lowest BCUT2D eigenvalue weighted by Crippen LogP contribution is -2.00.